The number of hydrogen-bond donors (Lipinski definition) is 1. The molecule has 8 nitrogen and oxygen atoms in total. The molecule has 2 aromatic heterocycles. The van der Waals surface area contributed by atoms with E-state index in [4.69, 9.17) is 15.4 Å². The number of hydrogen-bond acceptors (Lipinski definition) is 6. The minimum Gasteiger partial charge on any atom is -0.444 e. The van der Waals surface area contributed by atoms with E-state index >= 15 is 0 Å². The van der Waals surface area contributed by atoms with E-state index < -0.39 is 39.2 Å². The summed E-state index contributed by atoms with van der Waals surface area (Å²) in [4.78, 5) is 38.7. The van der Waals surface area contributed by atoms with Gasteiger partial charge in [0.2, 0.25) is 0 Å². The maximum Gasteiger partial charge on any atom is 0.416 e. The maximum atomic E-state index is 14.2. The highest BCUT2D eigenvalue weighted by molar-refractivity contribution is 8.36. The van der Waals surface area contributed by atoms with Crippen LogP contribution in [0.25, 0.3) is 10.9 Å². The van der Waals surface area contributed by atoms with Gasteiger partial charge in [0.25, 0.3) is 0 Å². The Bertz CT molecular complexity index is 1520. The number of aromatic nitrogens is 3. The number of rotatable bonds is 2. The largest absolute Gasteiger partial charge is 0.444 e. The molecule has 13 heteroatoms. The number of pyridine rings is 1. The average molecular weight is 612 g/mol. The lowest BCUT2D eigenvalue weighted by atomic mass is 10.0. The first-order chi connectivity index (χ1) is 19.1. The number of anilines is 1. The topological polar surface area (TPSA) is 80.6 Å². The Morgan fingerprint density at radius 3 is 2.29 bits per heavy atom. The van der Waals surface area contributed by atoms with Crippen molar-refractivity contribution in [1.82, 2.24) is 19.4 Å². The minimum atomic E-state index is -4.62. The van der Waals surface area contributed by atoms with Crippen LogP contribution in [-0.2, 0) is 17.5 Å². The number of carbonyl (C=O) groups is 1. The second-order valence-electron chi connectivity index (χ2n) is 11.7. The number of carbonyl (C=O) groups excluding carboxylic acids is 1. The van der Waals surface area contributed by atoms with Gasteiger partial charge in [-0.05, 0) is 64.4 Å². The van der Waals surface area contributed by atoms with Crippen LogP contribution in [0.4, 0.5) is 23.8 Å². The molecule has 1 amide bonds. The highest BCUT2D eigenvalue weighted by atomic mass is 35.7. The van der Waals surface area contributed by atoms with Gasteiger partial charge in [0.15, 0.2) is 0 Å². The van der Waals surface area contributed by atoms with Crippen LogP contribution in [0.3, 0.4) is 0 Å². The number of thiol groups is 1. The Hall–Kier alpha value is -2.99. The van der Waals surface area contributed by atoms with Crippen LogP contribution in [-0.4, -0.2) is 62.1 Å². The van der Waals surface area contributed by atoms with Gasteiger partial charge in [-0.25, -0.2) is 9.59 Å². The number of ether oxygens (including phenoxy) is 1. The number of amides is 1. The first-order valence-corrected chi connectivity index (χ1v) is 15.8. The minimum absolute atomic E-state index is 0.165. The summed E-state index contributed by atoms with van der Waals surface area (Å²) in [7, 11) is 5.34. The lowest BCUT2D eigenvalue weighted by molar-refractivity contribution is -0.137. The molecular weight excluding hydrogens is 579 g/mol. The molecule has 41 heavy (non-hydrogen) atoms. The smallest absolute Gasteiger partial charge is 0.416 e. The molecule has 222 valence electrons. The van der Waals surface area contributed by atoms with Gasteiger partial charge < -0.3 is 9.64 Å². The molecule has 0 aliphatic carbocycles. The molecule has 3 aromatic rings. The fraction of sp³-hybridized carbons (Fsp3) is 0.500. The predicted octanol–water partition coefficient (Wildman–Crippen LogP) is 5.96. The van der Waals surface area contributed by atoms with Crippen molar-refractivity contribution in [2.75, 3.05) is 23.7 Å². The SMILES string of the molecule is C[C@@H]1CN(c2nc(=O)n3c4c(cc(C(F)(F)F)cc24)[SH](Cl)C[C@H](c2ccncc2)C3)C[C@H](C)N1C(=O)OC(C)(C)C. The third-order valence-electron chi connectivity index (χ3n) is 7.41. The molecule has 1 fully saturated rings. The lowest BCUT2D eigenvalue weighted by Gasteiger charge is -2.45. The summed E-state index contributed by atoms with van der Waals surface area (Å²) in [5, 5.41) is 0.225. The number of piperazine rings is 1. The lowest BCUT2D eigenvalue weighted by Crippen LogP contribution is -2.59. The van der Waals surface area contributed by atoms with Crippen LogP contribution in [0.15, 0.2) is 46.3 Å². The predicted molar refractivity (Wildman–Crippen MR) is 155 cm³/mol. The maximum absolute atomic E-state index is 14.2. The molecule has 4 atom stereocenters. The summed E-state index contributed by atoms with van der Waals surface area (Å²) in [6, 6.07) is 5.11. The van der Waals surface area contributed by atoms with Gasteiger partial charge in [-0.3, -0.25) is 14.5 Å². The van der Waals surface area contributed by atoms with Crippen LogP contribution in [0.5, 0.6) is 0 Å². The quantitative estimate of drug-likeness (QED) is 0.361. The Morgan fingerprint density at radius 1 is 1.07 bits per heavy atom. The van der Waals surface area contributed by atoms with E-state index in [-0.39, 0.29) is 48.8 Å². The van der Waals surface area contributed by atoms with E-state index in [1.807, 2.05) is 26.0 Å². The Balaban J connectivity index is 1.63. The van der Waals surface area contributed by atoms with Crippen molar-refractivity contribution in [3.05, 3.63) is 58.3 Å². The first-order valence-electron chi connectivity index (χ1n) is 13.4. The zero-order valence-electron chi connectivity index (χ0n) is 23.4. The summed E-state index contributed by atoms with van der Waals surface area (Å²) in [5.41, 5.74) is -0.773. The summed E-state index contributed by atoms with van der Waals surface area (Å²) >= 11 is 0. The number of alkyl halides is 3. The van der Waals surface area contributed by atoms with E-state index in [0.717, 1.165) is 17.7 Å². The van der Waals surface area contributed by atoms with Crippen molar-refractivity contribution in [1.29, 1.82) is 0 Å². The van der Waals surface area contributed by atoms with Crippen LogP contribution in [0, 0.1) is 0 Å². The van der Waals surface area contributed by atoms with Gasteiger partial charge in [0, 0.05) is 54.0 Å². The second kappa shape index (κ2) is 10.7. The van der Waals surface area contributed by atoms with Gasteiger partial charge in [-0.15, -0.1) is 10.1 Å². The van der Waals surface area contributed by atoms with Crippen molar-refractivity contribution >= 4 is 43.6 Å². The molecule has 0 saturated carbocycles. The number of nitrogens with zero attached hydrogens (tertiary/aromatic N) is 5. The van der Waals surface area contributed by atoms with Crippen molar-refractivity contribution < 1.29 is 22.7 Å². The van der Waals surface area contributed by atoms with Crippen molar-refractivity contribution in [2.24, 2.45) is 0 Å². The molecule has 2 aliphatic heterocycles. The summed E-state index contributed by atoms with van der Waals surface area (Å²) < 4.78 is 49.6. The first kappa shape index (κ1) is 29.5. The van der Waals surface area contributed by atoms with E-state index in [1.165, 1.54) is 4.57 Å². The van der Waals surface area contributed by atoms with Crippen LogP contribution in [0.1, 0.15) is 51.7 Å². The fourth-order valence-corrected chi connectivity index (χ4v) is 8.27. The third-order valence-corrected chi connectivity index (χ3v) is 9.99. The Kier molecular flexibility index (Phi) is 7.69. The molecular formula is C28H33ClF3N5O3S. The fourth-order valence-electron chi connectivity index (χ4n) is 5.73. The Morgan fingerprint density at radius 2 is 1.71 bits per heavy atom. The average Bonchev–Trinajstić information content (AvgIpc) is 3.02. The Labute approximate surface area is 243 Å². The van der Waals surface area contributed by atoms with Gasteiger partial charge in [0.05, 0.1) is 23.2 Å². The van der Waals surface area contributed by atoms with Crippen molar-refractivity contribution in [2.45, 2.75) is 75.8 Å². The molecule has 1 saturated heterocycles. The van der Waals surface area contributed by atoms with Crippen LogP contribution >= 0.6 is 20.8 Å². The van der Waals surface area contributed by atoms with E-state index in [9.17, 15) is 22.8 Å². The van der Waals surface area contributed by atoms with Crippen LogP contribution in [0.2, 0.25) is 0 Å². The molecule has 2 aliphatic rings. The van der Waals surface area contributed by atoms with Crippen molar-refractivity contribution in [3.63, 3.8) is 0 Å². The second-order valence-corrected chi connectivity index (χ2v) is 14.5. The normalized spacial score (nSPS) is 24.3. The van der Waals surface area contributed by atoms with Gasteiger partial charge >= 0.3 is 18.0 Å². The third kappa shape index (κ3) is 5.86. The van der Waals surface area contributed by atoms with Gasteiger partial charge in [-0.2, -0.15) is 18.2 Å². The number of benzene rings is 1. The monoisotopic (exact) mass is 611 g/mol. The molecule has 5 rings (SSSR count). The molecule has 0 spiro atoms. The summed E-state index contributed by atoms with van der Waals surface area (Å²) in [5.74, 6) is 0.365. The highest BCUT2D eigenvalue weighted by Crippen LogP contribution is 2.52. The van der Waals surface area contributed by atoms with Gasteiger partial charge in [0.1, 0.15) is 11.4 Å². The molecule has 0 N–H and O–H groups in total. The zero-order valence-corrected chi connectivity index (χ0v) is 25.1. The molecule has 0 radical (unpaired) electrons. The van der Waals surface area contributed by atoms with Crippen molar-refractivity contribution in [3.8, 4) is 0 Å². The van der Waals surface area contributed by atoms with E-state index in [0.29, 0.717) is 16.2 Å². The molecule has 4 heterocycles. The van der Waals surface area contributed by atoms with E-state index in [2.05, 4.69) is 9.97 Å². The standard InChI is InChI=1S/C28H33ClF3N5O3S/c1-16-12-35(13-17(2)37(16)26(39)40-27(3,4)5)24-21-10-20(28(30,31)32)11-22-23(21)36(25(38)34-24)14-19(15-41(22)29)18-6-8-33-9-7-18/h6-11,16-17,19,41H,12-15H2,1-5H3/t16-,17+,19-/m1/s1. The summed E-state index contributed by atoms with van der Waals surface area (Å²) in [6.45, 7) is 9.79. The number of halogens is 4. The van der Waals surface area contributed by atoms with Crippen LogP contribution < -0.4 is 10.6 Å². The van der Waals surface area contributed by atoms with Gasteiger partial charge in [-0.1, -0.05) is 10.7 Å². The molecule has 1 unspecified atom stereocenters. The highest BCUT2D eigenvalue weighted by Gasteiger charge is 2.39. The van der Waals surface area contributed by atoms with E-state index in [1.54, 1.807) is 43.0 Å². The summed E-state index contributed by atoms with van der Waals surface area (Å²) in [6.07, 6.45) is -1.80. The molecule has 1 aromatic carbocycles. The molecule has 0 bridgehead atoms. The zero-order chi connectivity index (χ0) is 29.9.